The molecule has 1 saturated carbocycles. The molecule has 0 unspecified atom stereocenters. The second-order valence-corrected chi connectivity index (χ2v) is 8.08. The van der Waals surface area contributed by atoms with Crippen LogP contribution in [-0.4, -0.2) is 74.4 Å². The molecule has 1 saturated heterocycles. The van der Waals surface area contributed by atoms with Crippen LogP contribution in [0.1, 0.15) is 39.0 Å². The number of carbonyl (C=O) groups excluding carboxylic acids is 2. The minimum Gasteiger partial charge on any atom is -0.434 e. The van der Waals surface area contributed by atoms with Gasteiger partial charge in [0.25, 0.3) is 6.47 Å². The SMILES string of the molecule is CC(=O)N[C@H]1[C@H](N2CCC[C@@H](OCCOCC3CC3)C2)C=C(OC=O)C[C@@H]1N. The predicted octanol–water partition coefficient (Wildman–Crippen LogP) is 0.555. The molecule has 0 aromatic carbocycles. The van der Waals surface area contributed by atoms with E-state index in [1.54, 1.807) is 0 Å². The minimum atomic E-state index is -0.314. The fourth-order valence-corrected chi connectivity index (χ4v) is 4.06. The number of hydrogen-bond donors (Lipinski definition) is 2. The molecule has 1 amide bonds. The Labute approximate surface area is 166 Å². The normalized spacial score (nSPS) is 31.1. The Morgan fingerprint density at radius 3 is 2.89 bits per heavy atom. The summed E-state index contributed by atoms with van der Waals surface area (Å²) in [6.07, 6.45) is 7.06. The number of nitrogens with zero attached hydrogens (tertiary/aromatic N) is 1. The van der Waals surface area contributed by atoms with E-state index in [-0.39, 0.29) is 30.1 Å². The summed E-state index contributed by atoms with van der Waals surface area (Å²) in [6.45, 7) is 5.64. The van der Waals surface area contributed by atoms with Gasteiger partial charge in [-0.25, -0.2) is 0 Å². The van der Waals surface area contributed by atoms with Crippen LogP contribution >= 0.6 is 0 Å². The van der Waals surface area contributed by atoms with E-state index in [2.05, 4.69) is 10.2 Å². The highest BCUT2D eigenvalue weighted by molar-refractivity contribution is 5.73. The largest absolute Gasteiger partial charge is 0.434 e. The highest BCUT2D eigenvalue weighted by atomic mass is 16.5. The number of ether oxygens (including phenoxy) is 3. The number of hydrogen-bond acceptors (Lipinski definition) is 7. The third-order valence-electron chi connectivity index (χ3n) is 5.66. The van der Waals surface area contributed by atoms with E-state index >= 15 is 0 Å². The van der Waals surface area contributed by atoms with Crippen molar-refractivity contribution in [3.05, 3.63) is 11.8 Å². The summed E-state index contributed by atoms with van der Waals surface area (Å²) in [5.41, 5.74) is 6.30. The number of nitrogens with two attached hydrogens (primary N) is 1. The van der Waals surface area contributed by atoms with Gasteiger partial charge in [0.1, 0.15) is 5.76 Å². The quantitative estimate of drug-likeness (QED) is 0.411. The summed E-state index contributed by atoms with van der Waals surface area (Å²) in [5.74, 6) is 1.21. The molecule has 28 heavy (non-hydrogen) atoms. The van der Waals surface area contributed by atoms with Crippen LogP contribution in [-0.2, 0) is 23.8 Å². The van der Waals surface area contributed by atoms with Gasteiger partial charge in [0, 0.05) is 32.5 Å². The van der Waals surface area contributed by atoms with Crippen molar-refractivity contribution in [1.29, 1.82) is 0 Å². The topological polar surface area (TPSA) is 103 Å². The van der Waals surface area contributed by atoms with Crippen LogP contribution in [0, 0.1) is 5.92 Å². The fraction of sp³-hybridized carbons (Fsp3) is 0.800. The van der Waals surface area contributed by atoms with Gasteiger partial charge >= 0.3 is 0 Å². The van der Waals surface area contributed by atoms with Crippen LogP contribution in [0.15, 0.2) is 11.8 Å². The molecule has 1 aliphatic heterocycles. The molecule has 3 aliphatic rings. The Kier molecular flexibility index (Phi) is 7.84. The number of amides is 1. The van der Waals surface area contributed by atoms with Crippen molar-refractivity contribution in [2.75, 3.05) is 32.9 Å². The second kappa shape index (κ2) is 10.3. The molecule has 2 fully saturated rings. The molecule has 0 aromatic rings. The summed E-state index contributed by atoms with van der Waals surface area (Å²) < 4.78 is 16.8. The Hall–Kier alpha value is -1.48. The zero-order chi connectivity index (χ0) is 19.9. The third-order valence-corrected chi connectivity index (χ3v) is 5.66. The van der Waals surface area contributed by atoms with Crippen molar-refractivity contribution < 1.29 is 23.8 Å². The van der Waals surface area contributed by atoms with Crippen molar-refractivity contribution in [1.82, 2.24) is 10.2 Å². The molecule has 8 heteroatoms. The molecule has 3 N–H and O–H groups in total. The molecule has 2 aliphatic carbocycles. The van der Waals surface area contributed by atoms with Crippen LogP contribution in [0.2, 0.25) is 0 Å². The van der Waals surface area contributed by atoms with Gasteiger partial charge in [0.2, 0.25) is 5.91 Å². The molecule has 0 radical (unpaired) electrons. The van der Waals surface area contributed by atoms with Gasteiger partial charge < -0.3 is 25.3 Å². The van der Waals surface area contributed by atoms with Gasteiger partial charge in [-0.3, -0.25) is 14.5 Å². The molecule has 3 rings (SSSR count). The van der Waals surface area contributed by atoms with Gasteiger partial charge in [-0.15, -0.1) is 0 Å². The molecular weight excluding hydrogens is 362 g/mol. The Morgan fingerprint density at radius 1 is 1.36 bits per heavy atom. The number of nitrogens with one attached hydrogen (secondary N) is 1. The van der Waals surface area contributed by atoms with Gasteiger partial charge in [-0.1, -0.05) is 0 Å². The first-order chi connectivity index (χ1) is 13.6. The third kappa shape index (κ3) is 6.27. The lowest BCUT2D eigenvalue weighted by molar-refractivity contribution is -0.126. The summed E-state index contributed by atoms with van der Waals surface area (Å²) in [4.78, 5) is 24.7. The number of carbonyl (C=O) groups is 2. The molecule has 0 bridgehead atoms. The van der Waals surface area contributed by atoms with E-state index in [4.69, 9.17) is 19.9 Å². The first kappa shape index (κ1) is 21.2. The van der Waals surface area contributed by atoms with Crippen molar-refractivity contribution in [2.45, 2.75) is 63.3 Å². The average Bonchev–Trinajstić information content (AvgIpc) is 3.48. The molecular formula is C20H33N3O5. The Morgan fingerprint density at radius 2 is 2.18 bits per heavy atom. The predicted molar refractivity (Wildman–Crippen MR) is 103 cm³/mol. The second-order valence-electron chi connectivity index (χ2n) is 8.08. The summed E-state index contributed by atoms with van der Waals surface area (Å²) in [6, 6.07) is -0.664. The first-order valence-electron chi connectivity index (χ1n) is 10.3. The standard InChI is InChI=1S/C20H33N3O5/c1-14(25)22-20-18(21)9-17(28-13-24)10-19(20)23-6-2-3-16(11-23)27-8-7-26-12-15-4-5-15/h10,13,15-16,18-20H,2-9,11-12,21H2,1H3,(H,22,25)/t16-,18+,19-,20-/m1/s1. The lowest BCUT2D eigenvalue weighted by Gasteiger charge is -2.44. The zero-order valence-corrected chi connectivity index (χ0v) is 16.7. The number of rotatable bonds is 10. The first-order valence-corrected chi connectivity index (χ1v) is 10.3. The van der Waals surface area contributed by atoms with Crippen LogP contribution in [0.4, 0.5) is 0 Å². The summed E-state index contributed by atoms with van der Waals surface area (Å²) >= 11 is 0. The zero-order valence-electron chi connectivity index (χ0n) is 16.7. The van der Waals surface area contributed by atoms with Crippen molar-refractivity contribution in [3.63, 3.8) is 0 Å². The smallest absolute Gasteiger partial charge is 0.298 e. The molecule has 1 heterocycles. The minimum absolute atomic E-state index is 0.115. The van der Waals surface area contributed by atoms with Crippen molar-refractivity contribution in [2.24, 2.45) is 11.7 Å². The highest BCUT2D eigenvalue weighted by Gasteiger charge is 2.38. The molecule has 8 nitrogen and oxygen atoms in total. The van der Waals surface area contributed by atoms with Gasteiger partial charge in [-0.2, -0.15) is 0 Å². The van der Waals surface area contributed by atoms with Crippen LogP contribution in [0.5, 0.6) is 0 Å². The molecule has 4 atom stereocenters. The number of likely N-dealkylation sites (tertiary alicyclic amines) is 1. The van der Waals surface area contributed by atoms with Crippen molar-refractivity contribution in [3.8, 4) is 0 Å². The lowest BCUT2D eigenvalue weighted by Crippen LogP contribution is -2.62. The Bertz CT molecular complexity index is 566. The summed E-state index contributed by atoms with van der Waals surface area (Å²) in [5, 5.41) is 2.98. The van der Waals surface area contributed by atoms with E-state index in [0.29, 0.717) is 31.9 Å². The van der Waals surface area contributed by atoms with E-state index < -0.39 is 0 Å². The highest BCUT2D eigenvalue weighted by Crippen LogP contribution is 2.29. The van der Waals surface area contributed by atoms with E-state index in [1.165, 1.54) is 19.8 Å². The fourth-order valence-electron chi connectivity index (χ4n) is 4.06. The summed E-state index contributed by atoms with van der Waals surface area (Å²) in [7, 11) is 0. The van der Waals surface area contributed by atoms with E-state index in [1.807, 2.05) is 6.08 Å². The van der Waals surface area contributed by atoms with Gasteiger partial charge in [0.15, 0.2) is 0 Å². The van der Waals surface area contributed by atoms with E-state index in [0.717, 1.165) is 38.5 Å². The maximum atomic E-state index is 11.7. The van der Waals surface area contributed by atoms with Crippen LogP contribution < -0.4 is 11.1 Å². The molecule has 0 spiro atoms. The average molecular weight is 396 g/mol. The molecule has 158 valence electrons. The number of piperidine rings is 1. The maximum absolute atomic E-state index is 11.7. The maximum Gasteiger partial charge on any atom is 0.298 e. The molecule has 0 aromatic heterocycles. The van der Waals surface area contributed by atoms with Crippen LogP contribution in [0.25, 0.3) is 0 Å². The Balaban J connectivity index is 1.56. The van der Waals surface area contributed by atoms with Gasteiger partial charge in [-0.05, 0) is 44.2 Å². The van der Waals surface area contributed by atoms with Crippen LogP contribution in [0.3, 0.4) is 0 Å². The van der Waals surface area contributed by atoms with Crippen molar-refractivity contribution >= 4 is 12.4 Å². The van der Waals surface area contributed by atoms with Gasteiger partial charge in [0.05, 0.1) is 31.4 Å². The van der Waals surface area contributed by atoms with E-state index in [9.17, 15) is 9.59 Å². The lowest BCUT2D eigenvalue weighted by atomic mass is 9.88. The monoisotopic (exact) mass is 395 g/mol.